The molecule has 0 spiro atoms. The van der Waals surface area contributed by atoms with Gasteiger partial charge in [-0.2, -0.15) is 5.26 Å². The average Bonchev–Trinajstić information content (AvgIpc) is 2.98. The van der Waals surface area contributed by atoms with Gasteiger partial charge in [0.05, 0.1) is 17.7 Å². The molecule has 0 aromatic carbocycles. The lowest BCUT2D eigenvalue weighted by Gasteiger charge is -2.26. The minimum Gasteiger partial charge on any atom is -0.337 e. The summed E-state index contributed by atoms with van der Waals surface area (Å²) in [6.45, 7) is 3.11. The summed E-state index contributed by atoms with van der Waals surface area (Å²) in [6.07, 6.45) is 5.09. The van der Waals surface area contributed by atoms with Crippen LogP contribution >= 0.6 is 11.3 Å². The van der Waals surface area contributed by atoms with E-state index >= 15 is 0 Å². The Bertz CT molecular complexity index is 839. The second-order valence-corrected chi connectivity index (χ2v) is 6.94. The number of fused-ring (bicyclic) bond motifs is 1. The van der Waals surface area contributed by atoms with E-state index in [4.69, 9.17) is 0 Å². The normalized spacial score (nSPS) is 13.0. The molecule has 0 bridgehead atoms. The maximum absolute atomic E-state index is 12.3. The third-order valence-corrected chi connectivity index (χ3v) is 5.27. The lowest BCUT2D eigenvalue weighted by atomic mass is 10.0. The summed E-state index contributed by atoms with van der Waals surface area (Å²) in [4.78, 5) is 31.2. The molecule has 1 N–H and O–H groups in total. The zero-order valence-electron chi connectivity index (χ0n) is 13.9. The molecule has 0 unspecified atom stereocenters. The summed E-state index contributed by atoms with van der Waals surface area (Å²) in [5.74, 6) is -0.150. The van der Waals surface area contributed by atoms with Crippen molar-refractivity contribution in [1.82, 2.24) is 9.88 Å². The van der Waals surface area contributed by atoms with Gasteiger partial charge in [0.2, 0.25) is 5.91 Å². The van der Waals surface area contributed by atoms with Gasteiger partial charge in [0.1, 0.15) is 11.1 Å². The highest BCUT2D eigenvalue weighted by Gasteiger charge is 2.27. The number of nitrogens with one attached hydrogen (secondary N) is 1. The average molecular weight is 354 g/mol. The van der Waals surface area contributed by atoms with Crippen molar-refractivity contribution < 1.29 is 9.59 Å². The number of amides is 2. The highest BCUT2D eigenvalue weighted by Crippen LogP contribution is 2.37. The van der Waals surface area contributed by atoms with Gasteiger partial charge in [-0.1, -0.05) is 6.92 Å². The van der Waals surface area contributed by atoms with Crippen molar-refractivity contribution in [2.75, 3.05) is 11.9 Å². The van der Waals surface area contributed by atoms with Gasteiger partial charge < -0.3 is 10.2 Å². The Hall–Kier alpha value is -2.72. The Morgan fingerprint density at radius 2 is 2.32 bits per heavy atom. The molecular weight excluding hydrogens is 336 g/mol. The number of rotatable bonds is 4. The predicted molar refractivity (Wildman–Crippen MR) is 95.3 cm³/mol. The molecule has 0 fully saturated rings. The first kappa shape index (κ1) is 17.1. The van der Waals surface area contributed by atoms with Crippen LogP contribution in [0.5, 0.6) is 0 Å². The van der Waals surface area contributed by atoms with E-state index in [-0.39, 0.29) is 11.8 Å². The van der Waals surface area contributed by atoms with Crippen molar-refractivity contribution in [2.45, 2.75) is 32.7 Å². The number of nitrogens with zero attached hydrogens (tertiary/aromatic N) is 3. The van der Waals surface area contributed by atoms with Gasteiger partial charge in [-0.3, -0.25) is 14.6 Å². The van der Waals surface area contributed by atoms with E-state index in [1.54, 1.807) is 18.3 Å². The highest BCUT2D eigenvalue weighted by molar-refractivity contribution is 7.16. The van der Waals surface area contributed by atoms with E-state index in [2.05, 4.69) is 16.4 Å². The maximum atomic E-state index is 12.3. The van der Waals surface area contributed by atoms with Crippen LogP contribution in [0.2, 0.25) is 0 Å². The Kier molecular flexibility index (Phi) is 5.10. The van der Waals surface area contributed by atoms with Crippen LogP contribution < -0.4 is 5.32 Å². The van der Waals surface area contributed by atoms with E-state index in [9.17, 15) is 14.9 Å². The topological polar surface area (TPSA) is 86.1 Å². The zero-order chi connectivity index (χ0) is 17.8. The van der Waals surface area contributed by atoms with Crippen molar-refractivity contribution in [3.8, 4) is 6.07 Å². The lowest BCUT2D eigenvalue weighted by Crippen LogP contribution is -2.35. The van der Waals surface area contributed by atoms with Crippen LogP contribution in [0.3, 0.4) is 0 Å². The zero-order valence-corrected chi connectivity index (χ0v) is 14.7. The summed E-state index contributed by atoms with van der Waals surface area (Å²) in [5.41, 5.74) is 1.91. The molecule has 1 aliphatic rings. The first-order valence-electron chi connectivity index (χ1n) is 8.17. The standard InChI is InChI=1S/C18H18N4O2S/c1-2-4-16(23)22-8-6-13-14(9-19)18(25-15(13)11-22)21-17(24)12-5-3-7-20-10-12/h3,5,7,10H,2,4,6,8,11H2,1H3,(H,21,24). The molecule has 1 aliphatic heterocycles. The number of nitriles is 1. The number of hydrogen-bond donors (Lipinski definition) is 1. The number of hydrogen-bond acceptors (Lipinski definition) is 5. The van der Waals surface area contributed by atoms with E-state index in [0.29, 0.717) is 42.1 Å². The lowest BCUT2D eigenvalue weighted by molar-refractivity contribution is -0.132. The van der Waals surface area contributed by atoms with Crippen LogP contribution in [0.15, 0.2) is 24.5 Å². The van der Waals surface area contributed by atoms with Gasteiger partial charge >= 0.3 is 0 Å². The number of pyridine rings is 1. The Balaban J connectivity index is 1.82. The molecule has 0 atom stereocenters. The quantitative estimate of drug-likeness (QED) is 0.914. The molecule has 0 saturated heterocycles. The van der Waals surface area contributed by atoms with Gasteiger partial charge in [-0.05, 0) is 30.5 Å². The van der Waals surface area contributed by atoms with Crippen molar-refractivity contribution in [3.05, 3.63) is 46.1 Å². The van der Waals surface area contributed by atoms with Crippen LogP contribution in [0, 0.1) is 11.3 Å². The number of thiophene rings is 1. The fourth-order valence-corrected chi connectivity index (χ4v) is 4.08. The van der Waals surface area contributed by atoms with Crippen LogP contribution in [-0.4, -0.2) is 28.2 Å². The van der Waals surface area contributed by atoms with Crippen LogP contribution in [-0.2, 0) is 17.8 Å². The minimum absolute atomic E-state index is 0.140. The molecule has 6 nitrogen and oxygen atoms in total. The summed E-state index contributed by atoms with van der Waals surface area (Å²) in [6, 6.07) is 5.57. The maximum Gasteiger partial charge on any atom is 0.257 e. The van der Waals surface area contributed by atoms with E-state index in [0.717, 1.165) is 16.9 Å². The number of aromatic nitrogens is 1. The van der Waals surface area contributed by atoms with Gasteiger partial charge in [0.15, 0.2) is 0 Å². The van der Waals surface area contributed by atoms with E-state index in [1.165, 1.54) is 17.5 Å². The van der Waals surface area contributed by atoms with Crippen molar-refractivity contribution in [3.63, 3.8) is 0 Å². The van der Waals surface area contributed by atoms with Gasteiger partial charge in [0, 0.05) is 30.2 Å². The third-order valence-electron chi connectivity index (χ3n) is 4.14. The molecule has 0 aliphatic carbocycles. The number of carbonyl (C=O) groups excluding carboxylic acids is 2. The molecule has 0 saturated carbocycles. The van der Waals surface area contributed by atoms with Crippen LogP contribution in [0.25, 0.3) is 0 Å². The van der Waals surface area contributed by atoms with Crippen LogP contribution in [0.1, 0.15) is 46.1 Å². The summed E-state index contributed by atoms with van der Waals surface area (Å²) in [5, 5.41) is 12.9. The Morgan fingerprint density at radius 3 is 3.00 bits per heavy atom. The molecule has 2 aromatic rings. The van der Waals surface area contributed by atoms with Gasteiger partial charge in [0.25, 0.3) is 5.91 Å². The molecule has 25 heavy (non-hydrogen) atoms. The van der Waals surface area contributed by atoms with Gasteiger partial charge in [-0.15, -0.1) is 11.3 Å². The highest BCUT2D eigenvalue weighted by atomic mass is 32.1. The Labute approximate surface area is 150 Å². The molecule has 3 heterocycles. The van der Waals surface area contributed by atoms with Crippen molar-refractivity contribution >= 4 is 28.2 Å². The fourth-order valence-electron chi connectivity index (χ4n) is 2.87. The monoisotopic (exact) mass is 354 g/mol. The molecule has 128 valence electrons. The van der Waals surface area contributed by atoms with Crippen molar-refractivity contribution in [2.24, 2.45) is 0 Å². The number of anilines is 1. The Morgan fingerprint density at radius 1 is 1.48 bits per heavy atom. The second-order valence-electron chi connectivity index (χ2n) is 5.83. The molecule has 3 rings (SSSR count). The summed E-state index contributed by atoms with van der Waals surface area (Å²) < 4.78 is 0. The fraction of sp³-hybridized carbons (Fsp3) is 0.333. The molecule has 0 radical (unpaired) electrons. The molecule has 7 heteroatoms. The number of carbonyl (C=O) groups is 2. The predicted octanol–water partition coefficient (Wildman–Crippen LogP) is 2.95. The van der Waals surface area contributed by atoms with Gasteiger partial charge in [-0.25, -0.2) is 0 Å². The SMILES string of the molecule is CCCC(=O)N1CCc2c(sc(NC(=O)c3cccnc3)c2C#N)C1. The first-order valence-corrected chi connectivity index (χ1v) is 8.99. The largest absolute Gasteiger partial charge is 0.337 e. The third kappa shape index (κ3) is 3.54. The second kappa shape index (κ2) is 7.45. The first-order chi connectivity index (χ1) is 12.1. The van der Waals surface area contributed by atoms with E-state index < -0.39 is 0 Å². The molecular formula is C18H18N4O2S. The van der Waals surface area contributed by atoms with E-state index in [1.807, 2.05) is 11.8 Å². The molecule has 2 amide bonds. The summed E-state index contributed by atoms with van der Waals surface area (Å²) >= 11 is 1.38. The van der Waals surface area contributed by atoms with Crippen molar-refractivity contribution in [1.29, 1.82) is 5.26 Å². The smallest absolute Gasteiger partial charge is 0.257 e. The molecule has 2 aromatic heterocycles. The minimum atomic E-state index is -0.290. The summed E-state index contributed by atoms with van der Waals surface area (Å²) in [7, 11) is 0. The van der Waals surface area contributed by atoms with Crippen LogP contribution in [0.4, 0.5) is 5.00 Å².